The Hall–Kier alpha value is -3.29. The monoisotopic (exact) mass is 416 g/mol. The molecule has 1 aliphatic carbocycles. The third kappa shape index (κ3) is 3.90. The van der Waals surface area contributed by atoms with Crippen LogP contribution < -0.4 is 5.32 Å². The van der Waals surface area contributed by atoms with E-state index in [0.717, 1.165) is 23.0 Å². The summed E-state index contributed by atoms with van der Waals surface area (Å²) in [5, 5.41) is 3.27. The molecule has 1 saturated carbocycles. The third-order valence-electron chi connectivity index (χ3n) is 5.33. The van der Waals surface area contributed by atoms with Gasteiger partial charge >= 0.3 is 6.18 Å². The molecule has 1 aliphatic rings. The largest absolute Gasteiger partial charge is 0.416 e. The lowest BCUT2D eigenvalue weighted by atomic mass is 9.88. The number of fused-ring (bicyclic) bond motifs is 1. The fourth-order valence-corrected chi connectivity index (χ4v) is 3.54. The summed E-state index contributed by atoms with van der Waals surface area (Å²) in [5.74, 6) is -2.51. The van der Waals surface area contributed by atoms with Crippen molar-refractivity contribution in [2.24, 2.45) is 0 Å². The van der Waals surface area contributed by atoms with E-state index in [-0.39, 0.29) is 12.0 Å². The van der Waals surface area contributed by atoms with E-state index < -0.39 is 34.7 Å². The number of halogens is 4. The predicted octanol–water partition coefficient (Wildman–Crippen LogP) is 5.02. The van der Waals surface area contributed by atoms with Crippen molar-refractivity contribution in [3.63, 3.8) is 0 Å². The number of rotatable bonds is 5. The van der Waals surface area contributed by atoms with Gasteiger partial charge in [0.15, 0.2) is 0 Å². The molecule has 1 N–H and O–H groups in total. The van der Waals surface area contributed by atoms with Crippen molar-refractivity contribution in [1.82, 2.24) is 4.98 Å². The number of nitrogens with zero attached hydrogens (tertiary/aromatic N) is 1. The molecule has 0 bridgehead atoms. The van der Waals surface area contributed by atoms with Gasteiger partial charge in [-0.1, -0.05) is 6.07 Å². The average Bonchev–Trinajstić information content (AvgIpc) is 3.47. The number of nitrogens with one attached hydrogen (secondary N) is 1. The van der Waals surface area contributed by atoms with Crippen molar-refractivity contribution in [2.75, 3.05) is 5.32 Å². The van der Waals surface area contributed by atoms with Gasteiger partial charge in [-0.25, -0.2) is 4.39 Å². The van der Waals surface area contributed by atoms with Crippen molar-refractivity contribution < 1.29 is 27.2 Å². The molecular weight excluding hydrogens is 400 g/mol. The first-order valence-corrected chi connectivity index (χ1v) is 9.24. The van der Waals surface area contributed by atoms with Gasteiger partial charge in [0.2, 0.25) is 5.78 Å². The number of hydrogen-bond acceptors (Lipinski definition) is 3. The fraction of sp³-hybridized carbons (Fsp3) is 0.227. The average molecular weight is 416 g/mol. The molecule has 1 amide bonds. The number of carbonyl (C=O) groups is 2. The summed E-state index contributed by atoms with van der Waals surface area (Å²) in [4.78, 5) is 29.0. The maximum atomic E-state index is 14.3. The standard InChI is InChI=1S/C22H16F4N2O2/c23-17-5-3-14(22(24,25)26)11-16(17)21(7-8-21)12-19(29)20(30)28-15-4-6-18-13(10-15)2-1-9-27-18/h1-6,9-11H,7-8,12H2,(H,28,30). The number of Topliss-reactive ketones (excluding diaryl/α,β-unsaturated/α-hetero) is 1. The molecule has 0 spiro atoms. The second-order valence-corrected chi connectivity index (χ2v) is 7.44. The molecule has 0 radical (unpaired) electrons. The van der Waals surface area contributed by atoms with E-state index in [2.05, 4.69) is 10.3 Å². The van der Waals surface area contributed by atoms with Crippen LogP contribution >= 0.6 is 0 Å². The number of anilines is 1. The maximum Gasteiger partial charge on any atom is 0.416 e. The molecule has 0 atom stereocenters. The Balaban J connectivity index is 1.51. The van der Waals surface area contributed by atoms with Gasteiger partial charge in [0.25, 0.3) is 5.91 Å². The highest BCUT2D eigenvalue weighted by Crippen LogP contribution is 2.52. The van der Waals surface area contributed by atoms with Crippen LogP contribution in [0, 0.1) is 5.82 Å². The number of pyridine rings is 1. The van der Waals surface area contributed by atoms with E-state index in [4.69, 9.17) is 0 Å². The summed E-state index contributed by atoms with van der Waals surface area (Å²) >= 11 is 0. The summed E-state index contributed by atoms with van der Waals surface area (Å²) in [6.07, 6.45) is -2.67. The van der Waals surface area contributed by atoms with Crippen molar-refractivity contribution in [2.45, 2.75) is 30.9 Å². The maximum absolute atomic E-state index is 14.3. The van der Waals surface area contributed by atoms with E-state index >= 15 is 0 Å². The zero-order valence-electron chi connectivity index (χ0n) is 15.6. The van der Waals surface area contributed by atoms with Crippen molar-refractivity contribution in [3.8, 4) is 0 Å². The molecule has 4 rings (SSSR count). The Morgan fingerprint density at radius 3 is 2.53 bits per heavy atom. The Bertz CT molecular complexity index is 1150. The minimum atomic E-state index is -4.62. The predicted molar refractivity (Wildman–Crippen MR) is 102 cm³/mol. The lowest BCUT2D eigenvalue weighted by Crippen LogP contribution is -2.27. The first kappa shape index (κ1) is 20.0. The van der Waals surface area contributed by atoms with Crippen LogP contribution in [0.2, 0.25) is 0 Å². The van der Waals surface area contributed by atoms with Crippen molar-refractivity contribution in [3.05, 3.63) is 71.7 Å². The number of amides is 1. The van der Waals surface area contributed by atoms with Crippen LogP contribution in [0.5, 0.6) is 0 Å². The molecular formula is C22H16F4N2O2. The summed E-state index contributed by atoms with van der Waals surface area (Å²) in [6.45, 7) is 0. The number of hydrogen-bond donors (Lipinski definition) is 1. The first-order chi connectivity index (χ1) is 14.2. The van der Waals surface area contributed by atoms with Crippen LogP contribution in [0.25, 0.3) is 10.9 Å². The second-order valence-electron chi connectivity index (χ2n) is 7.44. The molecule has 4 nitrogen and oxygen atoms in total. The molecule has 2 aromatic carbocycles. The first-order valence-electron chi connectivity index (χ1n) is 9.24. The quantitative estimate of drug-likeness (QED) is 0.469. The highest BCUT2D eigenvalue weighted by atomic mass is 19.4. The molecule has 0 unspecified atom stereocenters. The molecule has 1 heterocycles. The number of ketones is 1. The van der Waals surface area contributed by atoms with Gasteiger partial charge in [0.05, 0.1) is 11.1 Å². The Kier molecular flexibility index (Phi) is 4.80. The van der Waals surface area contributed by atoms with Gasteiger partial charge in [-0.2, -0.15) is 13.2 Å². The van der Waals surface area contributed by atoms with Gasteiger partial charge in [-0.15, -0.1) is 0 Å². The molecule has 1 fully saturated rings. The Morgan fingerprint density at radius 1 is 1.07 bits per heavy atom. The van der Waals surface area contributed by atoms with E-state index in [1.54, 1.807) is 36.5 Å². The molecule has 1 aromatic heterocycles. The lowest BCUT2D eigenvalue weighted by molar-refractivity contribution is -0.137. The second kappa shape index (κ2) is 7.19. The zero-order valence-corrected chi connectivity index (χ0v) is 15.6. The zero-order chi connectivity index (χ0) is 21.5. The van der Waals surface area contributed by atoms with Crippen LogP contribution in [0.3, 0.4) is 0 Å². The van der Waals surface area contributed by atoms with E-state index in [9.17, 15) is 27.2 Å². The van der Waals surface area contributed by atoms with Gasteiger partial charge in [0.1, 0.15) is 5.82 Å². The topological polar surface area (TPSA) is 59.1 Å². The van der Waals surface area contributed by atoms with Gasteiger partial charge in [0, 0.05) is 29.1 Å². The smallest absolute Gasteiger partial charge is 0.319 e. The highest BCUT2D eigenvalue weighted by molar-refractivity contribution is 6.41. The van der Waals surface area contributed by atoms with Crippen LogP contribution in [0.1, 0.15) is 30.4 Å². The number of aromatic nitrogens is 1. The lowest BCUT2D eigenvalue weighted by Gasteiger charge is -2.18. The molecule has 3 aromatic rings. The summed E-state index contributed by atoms with van der Waals surface area (Å²) < 4.78 is 53.2. The van der Waals surface area contributed by atoms with Crippen LogP contribution in [-0.2, 0) is 21.2 Å². The van der Waals surface area contributed by atoms with Crippen LogP contribution in [-0.4, -0.2) is 16.7 Å². The molecule has 0 saturated heterocycles. The Morgan fingerprint density at radius 2 is 1.83 bits per heavy atom. The van der Waals surface area contributed by atoms with Gasteiger partial charge in [-0.3, -0.25) is 14.6 Å². The molecule has 0 aliphatic heterocycles. The minimum Gasteiger partial charge on any atom is -0.319 e. The van der Waals surface area contributed by atoms with Crippen LogP contribution in [0.15, 0.2) is 54.7 Å². The molecule has 154 valence electrons. The van der Waals surface area contributed by atoms with Gasteiger partial charge in [-0.05, 0) is 60.9 Å². The van der Waals surface area contributed by atoms with Gasteiger partial charge < -0.3 is 5.32 Å². The molecule has 8 heteroatoms. The van der Waals surface area contributed by atoms with Crippen molar-refractivity contribution >= 4 is 28.3 Å². The SMILES string of the molecule is O=C(CC1(c2cc(C(F)(F)F)ccc2F)CC1)C(=O)Nc1ccc2ncccc2c1. The summed E-state index contributed by atoms with van der Waals surface area (Å²) in [6, 6.07) is 10.6. The normalized spacial score (nSPS) is 15.1. The number of alkyl halides is 3. The fourth-order valence-electron chi connectivity index (χ4n) is 3.54. The Labute approximate surface area is 168 Å². The third-order valence-corrected chi connectivity index (χ3v) is 5.33. The molecule has 30 heavy (non-hydrogen) atoms. The van der Waals surface area contributed by atoms with Crippen molar-refractivity contribution in [1.29, 1.82) is 0 Å². The number of carbonyl (C=O) groups excluding carboxylic acids is 2. The van der Waals surface area contributed by atoms with E-state index in [1.165, 1.54) is 0 Å². The van der Waals surface area contributed by atoms with Crippen LogP contribution in [0.4, 0.5) is 23.2 Å². The summed E-state index contributed by atoms with van der Waals surface area (Å²) in [5.41, 5.74) is -1.11. The number of benzene rings is 2. The summed E-state index contributed by atoms with van der Waals surface area (Å²) in [7, 11) is 0. The minimum absolute atomic E-state index is 0.171. The van der Waals surface area contributed by atoms with E-state index in [0.29, 0.717) is 24.6 Å². The van der Waals surface area contributed by atoms with E-state index in [1.807, 2.05) is 0 Å². The highest BCUT2D eigenvalue weighted by Gasteiger charge is 2.49.